The largest absolute Gasteiger partial charge is 0.265 e. The van der Waals surface area contributed by atoms with E-state index in [-0.39, 0.29) is 0 Å². The van der Waals surface area contributed by atoms with E-state index in [1.165, 1.54) is 23.1 Å². The van der Waals surface area contributed by atoms with Gasteiger partial charge in [0.05, 0.1) is 3.76 Å². The van der Waals surface area contributed by atoms with E-state index in [1.807, 2.05) is 6.07 Å². The molecular weight excluding hydrogens is 128 g/mol. The van der Waals surface area contributed by atoms with Crippen molar-refractivity contribution in [3.05, 3.63) is 10.3 Å². The van der Waals surface area contributed by atoms with Crippen LogP contribution in [0.1, 0.15) is 4.88 Å². The van der Waals surface area contributed by atoms with Crippen molar-refractivity contribution in [2.75, 3.05) is 0 Å². The van der Waals surface area contributed by atoms with E-state index >= 15 is 0 Å². The zero-order valence-electron chi connectivity index (χ0n) is 3.29. The van der Waals surface area contributed by atoms with Gasteiger partial charge in [0.15, 0.2) is 5.38 Å². The number of nitriles is 1. The van der Waals surface area contributed by atoms with Gasteiger partial charge in [-0.25, -0.2) is 0 Å². The number of hydrogen-bond acceptors (Lipinski definition) is 3. The highest BCUT2D eigenvalue weighted by molar-refractivity contribution is 7.20. The molecule has 0 saturated heterocycles. The standard InChI is InChI=1S/C3HN2S2/c4-1-3-2-6-5-7-3/h2H/q+1. The monoisotopic (exact) mass is 129 g/mol. The molecule has 0 atom stereocenters. The lowest BCUT2D eigenvalue weighted by Crippen LogP contribution is -1.49. The maximum absolute atomic E-state index is 8.15. The first-order chi connectivity index (χ1) is 3.43. The smallest absolute Gasteiger partial charge is 0.189 e. The Morgan fingerprint density at radius 2 is 2.86 bits per heavy atom. The van der Waals surface area contributed by atoms with Gasteiger partial charge < -0.3 is 0 Å². The number of rotatable bonds is 0. The third-order valence-electron chi connectivity index (χ3n) is 0.449. The maximum Gasteiger partial charge on any atom is 0.265 e. The van der Waals surface area contributed by atoms with Crippen LogP contribution >= 0.6 is 23.1 Å². The summed E-state index contributed by atoms with van der Waals surface area (Å²) in [5, 5.41) is 9.88. The van der Waals surface area contributed by atoms with Gasteiger partial charge in [0.1, 0.15) is 6.07 Å². The highest BCUT2D eigenvalue weighted by atomic mass is 32.2. The van der Waals surface area contributed by atoms with Gasteiger partial charge in [-0.05, 0) is 0 Å². The molecule has 0 amide bonds. The first kappa shape index (κ1) is 4.62. The second-order valence-electron chi connectivity index (χ2n) is 0.865. The van der Waals surface area contributed by atoms with Crippen molar-refractivity contribution in [2.24, 2.45) is 0 Å². The summed E-state index contributed by atoms with van der Waals surface area (Å²) >= 11 is 2.54. The molecule has 0 radical (unpaired) electrons. The van der Waals surface area contributed by atoms with Crippen LogP contribution in [0.15, 0.2) is 5.38 Å². The van der Waals surface area contributed by atoms with Gasteiger partial charge in [0.25, 0.3) is 4.88 Å². The van der Waals surface area contributed by atoms with E-state index in [0.717, 1.165) is 0 Å². The van der Waals surface area contributed by atoms with Crippen LogP contribution in [0.5, 0.6) is 0 Å². The molecule has 0 saturated carbocycles. The fraction of sp³-hybridized carbons (Fsp3) is 0. The summed E-state index contributed by atoms with van der Waals surface area (Å²) in [4.78, 5) is 0.685. The normalized spacial score (nSPS) is 7.86. The molecule has 1 rings (SSSR count). The average molecular weight is 129 g/mol. The van der Waals surface area contributed by atoms with E-state index in [2.05, 4.69) is 3.76 Å². The Hall–Kier alpha value is -0.530. The fourth-order valence-corrected chi connectivity index (χ4v) is 1.36. The van der Waals surface area contributed by atoms with Crippen LogP contribution in [-0.4, -0.2) is 3.76 Å². The van der Waals surface area contributed by atoms with E-state index in [1.54, 1.807) is 5.38 Å². The van der Waals surface area contributed by atoms with Crippen molar-refractivity contribution >= 4 is 23.1 Å². The third kappa shape index (κ3) is 0.918. The van der Waals surface area contributed by atoms with Crippen molar-refractivity contribution < 1.29 is 0 Å². The summed E-state index contributed by atoms with van der Waals surface area (Å²) in [5.41, 5.74) is 0. The van der Waals surface area contributed by atoms with Crippen LogP contribution in [0.3, 0.4) is 0 Å². The third-order valence-corrected chi connectivity index (χ3v) is 1.99. The zero-order chi connectivity index (χ0) is 5.11. The molecule has 1 aromatic rings. The fourth-order valence-electron chi connectivity index (χ4n) is 0.199. The molecule has 4 heteroatoms. The summed E-state index contributed by atoms with van der Waals surface area (Å²) < 4.78 is 3.75. The lowest BCUT2D eigenvalue weighted by atomic mass is 10.7. The Morgan fingerprint density at radius 1 is 2.00 bits per heavy atom. The molecule has 1 aromatic heterocycles. The van der Waals surface area contributed by atoms with Gasteiger partial charge in [-0.2, -0.15) is 5.26 Å². The molecule has 0 spiro atoms. The Kier molecular flexibility index (Phi) is 1.29. The van der Waals surface area contributed by atoms with E-state index in [9.17, 15) is 0 Å². The second-order valence-corrected chi connectivity index (χ2v) is 2.53. The lowest BCUT2D eigenvalue weighted by molar-refractivity contribution is 1.53. The summed E-state index contributed by atoms with van der Waals surface area (Å²) in [6.07, 6.45) is 0. The summed E-state index contributed by atoms with van der Waals surface area (Å²) in [5.74, 6) is 0. The molecule has 0 aliphatic rings. The SMILES string of the molecule is N#Cc1c[s+]ns1. The van der Waals surface area contributed by atoms with Crippen molar-refractivity contribution in [3.63, 3.8) is 0 Å². The summed E-state index contributed by atoms with van der Waals surface area (Å²) in [6, 6.07) is 1.97. The highest BCUT2D eigenvalue weighted by Crippen LogP contribution is 2.05. The van der Waals surface area contributed by atoms with Crippen molar-refractivity contribution in [1.29, 1.82) is 5.26 Å². The van der Waals surface area contributed by atoms with Crippen LogP contribution in [0.4, 0.5) is 0 Å². The quantitative estimate of drug-likeness (QED) is 0.496. The molecule has 0 aliphatic carbocycles. The van der Waals surface area contributed by atoms with Gasteiger partial charge in [-0.15, -0.1) is 0 Å². The topological polar surface area (TPSA) is 36.7 Å². The maximum atomic E-state index is 8.15. The molecule has 0 aliphatic heterocycles. The lowest BCUT2D eigenvalue weighted by Gasteiger charge is -1.45. The van der Waals surface area contributed by atoms with Crippen LogP contribution in [0, 0.1) is 11.3 Å². The van der Waals surface area contributed by atoms with E-state index < -0.39 is 0 Å². The molecule has 0 aromatic carbocycles. The number of nitrogens with zero attached hydrogens (tertiary/aromatic N) is 2. The van der Waals surface area contributed by atoms with Crippen molar-refractivity contribution in [3.8, 4) is 6.07 Å². The first-order valence-electron chi connectivity index (χ1n) is 1.57. The molecule has 0 bridgehead atoms. The average Bonchev–Trinajstić information content (AvgIpc) is 2.14. The number of aromatic nitrogens is 1. The van der Waals surface area contributed by atoms with Gasteiger partial charge in [0, 0.05) is 0 Å². The van der Waals surface area contributed by atoms with Gasteiger partial charge in [-0.3, -0.25) is 0 Å². The Morgan fingerprint density at radius 3 is 3.14 bits per heavy atom. The Labute approximate surface area is 49.0 Å². The molecule has 2 nitrogen and oxygen atoms in total. The predicted octanol–water partition coefficient (Wildman–Crippen LogP) is 1.36. The Balaban J connectivity index is 3.04. The zero-order valence-corrected chi connectivity index (χ0v) is 4.92. The molecule has 0 unspecified atom stereocenters. The van der Waals surface area contributed by atoms with Crippen LogP contribution in [-0.2, 0) is 0 Å². The predicted molar refractivity (Wildman–Crippen MR) is 29.1 cm³/mol. The summed E-state index contributed by atoms with van der Waals surface area (Å²) in [7, 11) is 0. The van der Waals surface area contributed by atoms with E-state index in [4.69, 9.17) is 5.26 Å². The summed E-state index contributed by atoms with van der Waals surface area (Å²) in [6.45, 7) is 0. The van der Waals surface area contributed by atoms with Crippen LogP contribution in [0.25, 0.3) is 0 Å². The molecule has 0 N–H and O–H groups in total. The molecule has 34 valence electrons. The van der Waals surface area contributed by atoms with Gasteiger partial charge >= 0.3 is 0 Å². The molecule has 7 heavy (non-hydrogen) atoms. The minimum atomic E-state index is 0.685. The van der Waals surface area contributed by atoms with Gasteiger partial charge in [0.2, 0.25) is 23.1 Å². The molecule has 0 fully saturated rings. The minimum Gasteiger partial charge on any atom is -0.189 e. The molecular formula is C3HN2S2+. The number of hydrogen-bond donors (Lipinski definition) is 0. The van der Waals surface area contributed by atoms with Crippen LogP contribution in [0.2, 0.25) is 0 Å². The van der Waals surface area contributed by atoms with Crippen molar-refractivity contribution in [1.82, 2.24) is 3.76 Å². The van der Waals surface area contributed by atoms with Crippen LogP contribution < -0.4 is 0 Å². The second kappa shape index (κ2) is 1.96. The minimum absolute atomic E-state index is 0.685. The van der Waals surface area contributed by atoms with Crippen molar-refractivity contribution in [2.45, 2.75) is 0 Å². The Bertz CT molecular complexity index is 173. The molecule has 1 heterocycles. The van der Waals surface area contributed by atoms with E-state index in [0.29, 0.717) is 4.88 Å². The highest BCUT2D eigenvalue weighted by Gasteiger charge is 2.00. The first-order valence-corrected chi connectivity index (χ1v) is 3.18. The van der Waals surface area contributed by atoms with Gasteiger partial charge in [-0.1, -0.05) is 0 Å².